The van der Waals surface area contributed by atoms with E-state index in [9.17, 15) is 132 Å². The van der Waals surface area contributed by atoms with E-state index in [0.717, 1.165) is 48.6 Å². The van der Waals surface area contributed by atoms with Crippen molar-refractivity contribution in [2.75, 3.05) is 33.0 Å². The SMILES string of the molecule is O=C(C=Cc1ccc(O)cc1)OCC1OC(OC2=Cc3c(O)cc(OC4OC(COC(=O)CCC(=O)OCC5OC(Oc6ccc(-c7oc8cc(OC9OCC(O)C(O)C9O)cc(O)c8c(=O)c7OC7OC(CO)C(O)C(O)C7O)cc6)C(O)C(O)C5O)C(O)C(O)C4O)cc3OC2c2cc(O)c(O)c(O)c2)C(O)C(O)C1O. The van der Waals surface area contributed by atoms with Gasteiger partial charge in [0.25, 0.3) is 0 Å². The second-order valence-electron chi connectivity index (χ2n) is 26.7. The molecule has 0 saturated carbocycles. The summed E-state index contributed by atoms with van der Waals surface area (Å²) in [6, 6.07) is 16.6. The fourth-order valence-electron chi connectivity index (χ4n) is 12.5. The van der Waals surface area contributed by atoms with Gasteiger partial charge in [0, 0.05) is 41.5 Å². The number of benzene rings is 5. The number of phenols is 6. The van der Waals surface area contributed by atoms with E-state index in [-0.39, 0.29) is 45.4 Å². The van der Waals surface area contributed by atoms with Gasteiger partial charge in [0.15, 0.2) is 29.1 Å². The summed E-state index contributed by atoms with van der Waals surface area (Å²) in [7, 11) is 0. The maximum atomic E-state index is 14.4. The van der Waals surface area contributed by atoms with E-state index < -0.39 is 280 Å². The summed E-state index contributed by atoms with van der Waals surface area (Å²) in [6.07, 6.45) is -44.0. The molecule has 41 nitrogen and oxygen atoms in total. The molecular weight excluding hydrogens is 1520 g/mol. The lowest BCUT2D eigenvalue weighted by molar-refractivity contribution is -0.294. The number of hydrogen-bond donors (Lipinski definition) is 22. The molecule has 1 aromatic heterocycles. The van der Waals surface area contributed by atoms with Crippen LogP contribution in [0.15, 0.2) is 106 Å². The summed E-state index contributed by atoms with van der Waals surface area (Å²) in [5.41, 5.74) is -1.49. The Kier molecular flexibility index (Phi) is 25.3. The summed E-state index contributed by atoms with van der Waals surface area (Å²) in [5.74, 6) is -10.1. The van der Waals surface area contributed by atoms with Gasteiger partial charge in [0.05, 0.1) is 31.6 Å². The number of hydrogen-bond acceptors (Lipinski definition) is 41. The molecule has 25 atom stereocenters. The van der Waals surface area contributed by atoms with Crippen molar-refractivity contribution in [3.05, 3.63) is 124 Å². The molecule has 5 fully saturated rings. The van der Waals surface area contributed by atoms with Gasteiger partial charge >= 0.3 is 17.9 Å². The molecule has 5 aromatic carbocycles. The zero-order valence-corrected chi connectivity index (χ0v) is 58.3. The van der Waals surface area contributed by atoms with E-state index in [1.54, 1.807) is 0 Å². The van der Waals surface area contributed by atoms with Gasteiger partial charge in [-0.1, -0.05) is 12.1 Å². The number of aliphatic hydroxyl groups excluding tert-OH is 16. The van der Waals surface area contributed by atoms with Crippen LogP contribution < -0.4 is 29.1 Å². The predicted octanol–water partition coefficient (Wildman–Crippen LogP) is -4.81. The van der Waals surface area contributed by atoms with Crippen LogP contribution in [-0.2, 0) is 57.0 Å². The zero-order chi connectivity index (χ0) is 81.3. The molecule has 41 heteroatoms. The van der Waals surface area contributed by atoms with Gasteiger partial charge in [0.1, 0.15) is 193 Å². The first kappa shape index (κ1) is 82.4. The third-order valence-electron chi connectivity index (χ3n) is 18.9. The highest BCUT2D eigenvalue weighted by atomic mass is 16.7. The quantitative estimate of drug-likeness (QED) is 0.0117. The number of fused-ring (bicyclic) bond motifs is 2. The summed E-state index contributed by atoms with van der Waals surface area (Å²) < 4.78 is 84.9. The smallest absolute Gasteiger partial charge is 0.330 e. The van der Waals surface area contributed by atoms with Crippen LogP contribution in [0.1, 0.15) is 35.6 Å². The highest BCUT2D eigenvalue weighted by molar-refractivity contribution is 5.89. The molecule has 5 saturated heterocycles. The van der Waals surface area contributed by atoms with E-state index >= 15 is 0 Å². The predicted molar refractivity (Wildman–Crippen MR) is 365 cm³/mol. The average molecular weight is 1600 g/mol. The normalized spacial score (nSPS) is 32.4. The number of rotatable bonds is 24. The summed E-state index contributed by atoms with van der Waals surface area (Å²) in [5, 5.41) is 234. The molecule has 7 heterocycles. The molecule has 0 spiro atoms. The second-order valence-corrected chi connectivity index (χ2v) is 26.7. The van der Waals surface area contributed by atoms with Crippen molar-refractivity contribution < 1.29 is 197 Å². The lowest BCUT2D eigenvalue weighted by Gasteiger charge is -2.41. The topological polar surface area (TPSA) is 656 Å². The average Bonchev–Trinajstić information content (AvgIpc) is 0.755. The van der Waals surface area contributed by atoms with E-state index in [0.29, 0.717) is 5.56 Å². The molecule has 12 rings (SSSR count). The molecule has 6 aliphatic heterocycles. The number of phenolic OH excluding ortho intramolecular Hbond substituents is 6. The minimum absolute atomic E-state index is 0.0213. The lowest BCUT2D eigenvalue weighted by Crippen LogP contribution is -2.60. The molecule has 0 aliphatic carbocycles. The lowest BCUT2D eigenvalue weighted by atomic mass is 9.98. The van der Waals surface area contributed by atoms with Gasteiger partial charge in [-0.05, 0) is 66.2 Å². The van der Waals surface area contributed by atoms with E-state index in [1.807, 2.05) is 0 Å². The van der Waals surface area contributed by atoms with Crippen molar-refractivity contribution in [2.45, 2.75) is 166 Å². The van der Waals surface area contributed by atoms with Gasteiger partial charge in [-0.2, -0.15) is 0 Å². The first-order valence-corrected chi connectivity index (χ1v) is 34.5. The van der Waals surface area contributed by atoms with Gasteiger partial charge in [0.2, 0.25) is 42.6 Å². The van der Waals surface area contributed by atoms with Crippen LogP contribution >= 0.6 is 0 Å². The van der Waals surface area contributed by atoms with Crippen LogP contribution in [0.25, 0.3) is 34.4 Å². The second kappa shape index (κ2) is 34.7. The Hall–Kier alpha value is -10.0. The molecule has 0 radical (unpaired) electrons. The van der Waals surface area contributed by atoms with Gasteiger partial charge in [-0.15, -0.1) is 0 Å². The Labute approximate surface area is 634 Å². The molecule has 6 aromatic rings. The van der Waals surface area contributed by atoms with Crippen LogP contribution in [-0.4, -0.2) is 311 Å². The van der Waals surface area contributed by atoms with Crippen molar-refractivity contribution in [3.8, 4) is 74.6 Å². The van der Waals surface area contributed by atoms with Crippen molar-refractivity contribution in [3.63, 3.8) is 0 Å². The van der Waals surface area contributed by atoms with E-state index in [2.05, 4.69) is 0 Å². The number of ether oxygens (including phenoxy) is 14. The monoisotopic (exact) mass is 1600 g/mol. The van der Waals surface area contributed by atoms with Gasteiger partial charge < -0.3 is 183 Å². The molecule has 113 heavy (non-hydrogen) atoms. The molecule has 612 valence electrons. The van der Waals surface area contributed by atoms with Crippen LogP contribution in [0.5, 0.6) is 63.2 Å². The fraction of sp³-hybridized carbons (Fsp3) is 0.444. The van der Waals surface area contributed by atoms with Crippen LogP contribution in [0.2, 0.25) is 0 Å². The van der Waals surface area contributed by atoms with Crippen molar-refractivity contribution in [1.29, 1.82) is 0 Å². The maximum Gasteiger partial charge on any atom is 0.330 e. The number of aliphatic hydroxyl groups is 16. The highest BCUT2D eigenvalue weighted by Gasteiger charge is 2.51. The molecule has 0 bridgehead atoms. The number of aromatic hydroxyl groups is 6. The molecule has 6 aliphatic rings. The van der Waals surface area contributed by atoms with Crippen molar-refractivity contribution in [2.24, 2.45) is 0 Å². The van der Waals surface area contributed by atoms with Gasteiger partial charge in [-0.25, -0.2) is 4.79 Å². The maximum absolute atomic E-state index is 14.4. The largest absolute Gasteiger partial charge is 0.508 e. The first-order valence-electron chi connectivity index (χ1n) is 34.5. The van der Waals surface area contributed by atoms with Crippen molar-refractivity contribution in [1.82, 2.24) is 0 Å². The third kappa shape index (κ3) is 18.0. The summed E-state index contributed by atoms with van der Waals surface area (Å²) in [4.78, 5) is 53.1. The Bertz CT molecular complexity index is 4470. The molecule has 0 amide bonds. The standard InChI is InChI=1S/C72H78O41/c73-20-41-51(85)56(90)64(98)72(109-41)113-67-55(89)48-34(76)16-31(104-68-60(94)50(84)37(79)21-102-68)18-39(48)107-66(67)26-4-8-29(9-5-26)103-69-61(95)57(91)52(86)42(110-69)22-100-46(81)11-12-47(82)101-23-43-53(87)58(92)62(96)70(111-43)105-30-15-33(75)32-19-40(65(106-38(32)17-30)27-13-35(77)49(83)36(78)14-27)108-71-63(97)59(93)54(88)44(112-71)24-99-45(80)10-3-25-1-6-28(74)7-2-25/h1-10,13-19,37,41-44,50-54,56-65,68-79,83-88,90-98H,11-12,20-24H2. The minimum atomic E-state index is -2.07. The Morgan fingerprint density at radius 2 is 0.947 bits per heavy atom. The summed E-state index contributed by atoms with van der Waals surface area (Å²) in [6.45, 7) is -3.76. The molecule has 22 N–H and O–H groups in total. The fourth-order valence-corrected chi connectivity index (χ4v) is 12.5. The first-order chi connectivity index (χ1) is 53.7. The zero-order valence-electron chi connectivity index (χ0n) is 58.3. The van der Waals surface area contributed by atoms with Crippen molar-refractivity contribution >= 4 is 41.0 Å². The number of carbonyl (C=O) groups is 3. The van der Waals surface area contributed by atoms with Crippen LogP contribution in [0.4, 0.5) is 0 Å². The molecular formula is C72H78O41. The highest BCUT2D eigenvalue weighted by Crippen LogP contribution is 2.48. The van der Waals surface area contributed by atoms with E-state index in [1.165, 1.54) is 54.6 Å². The Balaban J connectivity index is 0.661. The Morgan fingerprint density at radius 1 is 0.469 bits per heavy atom. The van der Waals surface area contributed by atoms with E-state index in [4.69, 9.17) is 70.7 Å². The van der Waals surface area contributed by atoms with Gasteiger partial charge in [-0.3, -0.25) is 14.4 Å². The van der Waals surface area contributed by atoms with Crippen LogP contribution in [0, 0.1) is 0 Å². The van der Waals surface area contributed by atoms with Crippen LogP contribution in [0.3, 0.4) is 0 Å². The third-order valence-corrected chi connectivity index (χ3v) is 18.9. The number of esters is 3. The minimum Gasteiger partial charge on any atom is -0.508 e. The Morgan fingerprint density at radius 3 is 1.50 bits per heavy atom. The number of carbonyl (C=O) groups excluding carboxylic acids is 3. The summed E-state index contributed by atoms with van der Waals surface area (Å²) >= 11 is 0. The molecule has 25 unspecified atom stereocenters.